The molecule has 0 fully saturated rings. The third kappa shape index (κ3) is 4.00. The summed E-state index contributed by atoms with van der Waals surface area (Å²) in [5, 5.41) is 8.25. The molecule has 0 bridgehead atoms. The molecule has 2 aromatic rings. The van der Waals surface area contributed by atoms with E-state index in [0.29, 0.717) is 23.7 Å². The zero-order valence-corrected chi connectivity index (χ0v) is 12.5. The monoisotopic (exact) mass is 311 g/mol. The van der Waals surface area contributed by atoms with Crippen LogP contribution in [-0.4, -0.2) is 25.1 Å². The summed E-state index contributed by atoms with van der Waals surface area (Å²) >= 11 is 0. The number of hydrogen-bond acceptors (Lipinski definition) is 3. The van der Waals surface area contributed by atoms with Crippen molar-refractivity contribution in [3.05, 3.63) is 54.1 Å². The predicted octanol–water partition coefficient (Wildman–Crippen LogP) is 2.38. The average Bonchev–Trinajstić information content (AvgIpc) is 2.56. The van der Waals surface area contributed by atoms with Gasteiger partial charge in [-0.3, -0.25) is 4.79 Å². The summed E-state index contributed by atoms with van der Waals surface area (Å²) in [6.07, 6.45) is 0.771. The highest BCUT2D eigenvalue weighted by atomic mass is 16.5. The van der Waals surface area contributed by atoms with Crippen molar-refractivity contribution in [2.45, 2.75) is 6.42 Å². The first-order valence-corrected chi connectivity index (χ1v) is 7.36. The topological polar surface area (TPSA) is 79.5 Å². The SMILES string of the molecule is O=C1COc2cc(NC(=O)NCCc3ccccc3)ccc2N1. The first-order valence-electron chi connectivity index (χ1n) is 7.36. The number of rotatable bonds is 4. The van der Waals surface area contributed by atoms with E-state index in [1.165, 1.54) is 5.56 Å². The zero-order valence-electron chi connectivity index (χ0n) is 12.5. The van der Waals surface area contributed by atoms with E-state index in [1.807, 2.05) is 30.3 Å². The van der Waals surface area contributed by atoms with Crippen molar-refractivity contribution in [3.63, 3.8) is 0 Å². The summed E-state index contributed by atoms with van der Waals surface area (Å²) in [5.74, 6) is 0.364. The Kier molecular flexibility index (Phi) is 4.42. The molecular weight excluding hydrogens is 294 g/mol. The number of fused-ring (bicyclic) bond motifs is 1. The summed E-state index contributed by atoms with van der Waals surface area (Å²) in [7, 11) is 0. The van der Waals surface area contributed by atoms with Crippen molar-refractivity contribution in [2.75, 3.05) is 23.8 Å². The number of amides is 3. The molecule has 3 N–H and O–H groups in total. The molecule has 0 saturated heterocycles. The molecule has 3 amide bonds. The minimum atomic E-state index is -0.277. The van der Waals surface area contributed by atoms with Crippen LogP contribution in [0.4, 0.5) is 16.2 Å². The number of urea groups is 1. The number of carbonyl (C=O) groups excluding carboxylic acids is 2. The molecule has 3 rings (SSSR count). The van der Waals surface area contributed by atoms with Crippen molar-refractivity contribution >= 4 is 23.3 Å². The van der Waals surface area contributed by atoms with Gasteiger partial charge in [-0.1, -0.05) is 30.3 Å². The Balaban J connectivity index is 1.51. The van der Waals surface area contributed by atoms with E-state index in [4.69, 9.17) is 4.74 Å². The van der Waals surface area contributed by atoms with Crippen LogP contribution in [0.2, 0.25) is 0 Å². The van der Waals surface area contributed by atoms with Crippen molar-refractivity contribution < 1.29 is 14.3 Å². The predicted molar refractivity (Wildman–Crippen MR) is 87.7 cm³/mol. The standard InChI is InChI=1S/C17H17N3O3/c21-16-11-23-15-10-13(6-7-14(15)20-16)19-17(22)18-9-8-12-4-2-1-3-5-12/h1-7,10H,8-9,11H2,(H,20,21)(H2,18,19,22). The maximum atomic E-state index is 11.9. The van der Waals surface area contributed by atoms with Crippen LogP contribution < -0.4 is 20.7 Å². The molecule has 1 heterocycles. The van der Waals surface area contributed by atoms with Crippen molar-refractivity contribution in [2.24, 2.45) is 0 Å². The first kappa shape index (κ1) is 14.9. The highest BCUT2D eigenvalue weighted by molar-refractivity contribution is 5.96. The number of anilines is 2. The number of benzene rings is 2. The van der Waals surface area contributed by atoms with Gasteiger partial charge in [0, 0.05) is 18.3 Å². The Labute approximate surface area is 133 Å². The van der Waals surface area contributed by atoms with Gasteiger partial charge in [0.15, 0.2) is 6.61 Å². The Bertz CT molecular complexity index is 716. The van der Waals surface area contributed by atoms with E-state index in [-0.39, 0.29) is 18.5 Å². The second-order valence-electron chi connectivity index (χ2n) is 5.16. The largest absolute Gasteiger partial charge is 0.482 e. The Morgan fingerprint density at radius 2 is 2.00 bits per heavy atom. The Hall–Kier alpha value is -3.02. The molecule has 118 valence electrons. The number of ether oxygens (including phenoxy) is 1. The molecule has 6 nitrogen and oxygen atoms in total. The molecule has 0 radical (unpaired) electrons. The van der Waals surface area contributed by atoms with Crippen LogP contribution in [-0.2, 0) is 11.2 Å². The molecule has 2 aromatic carbocycles. The lowest BCUT2D eigenvalue weighted by molar-refractivity contribution is -0.118. The highest BCUT2D eigenvalue weighted by Crippen LogP contribution is 2.30. The average molecular weight is 311 g/mol. The lowest BCUT2D eigenvalue weighted by Gasteiger charge is -2.18. The fourth-order valence-electron chi connectivity index (χ4n) is 2.29. The number of nitrogens with one attached hydrogen (secondary N) is 3. The fourth-order valence-corrected chi connectivity index (χ4v) is 2.29. The number of hydrogen-bond donors (Lipinski definition) is 3. The molecule has 0 atom stereocenters. The molecule has 0 aromatic heterocycles. The van der Waals surface area contributed by atoms with E-state index >= 15 is 0 Å². The zero-order chi connectivity index (χ0) is 16.1. The van der Waals surface area contributed by atoms with E-state index < -0.39 is 0 Å². The van der Waals surface area contributed by atoms with Crippen LogP contribution >= 0.6 is 0 Å². The van der Waals surface area contributed by atoms with Crippen molar-refractivity contribution in [1.82, 2.24) is 5.32 Å². The summed E-state index contributed by atoms with van der Waals surface area (Å²) in [6.45, 7) is 0.535. The van der Waals surface area contributed by atoms with Crippen LogP contribution in [0.25, 0.3) is 0 Å². The second kappa shape index (κ2) is 6.83. The lowest BCUT2D eigenvalue weighted by Crippen LogP contribution is -2.30. The Morgan fingerprint density at radius 3 is 2.83 bits per heavy atom. The van der Waals surface area contributed by atoms with Gasteiger partial charge in [0.2, 0.25) is 0 Å². The Morgan fingerprint density at radius 1 is 1.17 bits per heavy atom. The highest BCUT2D eigenvalue weighted by Gasteiger charge is 2.16. The van der Waals surface area contributed by atoms with E-state index in [0.717, 1.165) is 6.42 Å². The van der Waals surface area contributed by atoms with E-state index in [1.54, 1.807) is 18.2 Å². The normalized spacial score (nSPS) is 12.6. The van der Waals surface area contributed by atoms with Gasteiger partial charge < -0.3 is 20.7 Å². The first-order chi connectivity index (χ1) is 11.2. The van der Waals surface area contributed by atoms with E-state index in [9.17, 15) is 9.59 Å². The van der Waals surface area contributed by atoms with Gasteiger partial charge in [-0.25, -0.2) is 4.79 Å². The van der Waals surface area contributed by atoms with Gasteiger partial charge in [0.05, 0.1) is 5.69 Å². The van der Waals surface area contributed by atoms with E-state index in [2.05, 4.69) is 16.0 Å². The summed E-state index contributed by atoms with van der Waals surface area (Å²) < 4.78 is 5.31. The van der Waals surface area contributed by atoms with Gasteiger partial charge in [-0.05, 0) is 24.1 Å². The van der Waals surface area contributed by atoms with Gasteiger partial charge >= 0.3 is 6.03 Å². The van der Waals surface area contributed by atoms with Crippen LogP contribution in [0.1, 0.15) is 5.56 Å². The van der Waals surface area contributed by atoms with Crippen LogP contribution in [0.15, 0.2) is 48.5 Å². The maximum absolute atomic E-state index is 11.9. The molecule has 1 aliphatic rings. The second-order valence-corrected chi connectivity index (χ2v) is 5.16. The van der Waals surface area contributed by atoms with Crippen molar-refractivity contribution in [1.29, 1.82) is 0 Å². The van der Waals surface area contributed by atoms with Crippen LogP contribution in [0.5, 0.6) is 5.75 Å². The molecule has 0 aliphatic carbocycles. The quantitative estimate of drug-likeness (QED) is 0.811. The van der Waals surface area contributed by atoms with Gasteiger partial charge in [-0.15, -0.1) is 0 Å². The molecule has 0 unspecified atom stereocenters. The van der Waals surface area contributed by atoms with Gasteiger partial charge in [-0.2, -0.15) is 0 Å². The summed E-state index contributed by atoms with van der Waals surface area (Å²) in [6, 6.07) is 14.8. The minimum absolute atomic E-state index is 0.0142. The van der Waals surface area contributed by atoms with Gasteiger partial charge in [0.25, 0.3) is 5.91 Å². The molecular formula is C17H17N3O3. The molecule has 0 saturated carbocycles. The third-order valence-corrected chi connectivity index (χ3v) is 3.41. The molecule has 1 aliphatic heterocycles. The summed E-state index contributed by atoms with van der Waals surface area (Å²) in [5.41, 5.74) is 2.39. The minimum Gasteiger partial charge on any atom is -0.482 e. The number of carbonyl (C=O) groups is 2. The van der Waals surface area contributed by atoms with Gasteiger partial charge in [0.1, 0.15) is 5.75 Å². The molecule has 23 heavy (non-hydrogen) atoms. The van der Waals surface area contributed by atoms with Crippen LogP contribution in [0, 0.1) is 0 Å². The molecule has 6 heteroatoms. The van der Waals surface area contributed by atoms with Crippen molar-refractivity contribution in [3.8, 4) is 5.75 Å². The maximum Gasteiger partial charge on any atom is 0.319 e. The smallest absolute Gasteiger partial charge is 0.319 e. The molecule has 0 spiro atoms. The third-order valence-electron chi connectivity index (χ3n) is 3.41. The fraction of sp³-hybridized carbons (Fsp3) is 0.176. The summed E-state index contributed by atoms with van der Waals surface area (Å²) in [4.78, 5) is 23.1. The van der Waals surface area contributed by atoms with Crippen LogP contribution in [0.3, 0.4) is 0 Å². The lowest BCUT2D eigenvalue weighted by atomic mass is 10.1.